The average molecular weight is 392 g/mol. The van der Waals surface area contributed by atoms with Crippen molar-refractivity contribution in [3.63, 3.8) is 0 Å². The maximum Gasteiger partial charge on any atom is 0.316 e. The molecule has 0 aliphatic heterocycles. The Kier molecular flexibility index (Phi) is 9.94. The molecule has 0 bridgehead atoms. The molecule has 132 valence electrons. The number of carbonyl (C=O) groups is 1. The van der Waals surface area contributed by atoms with Crippen molar-refractivity contribution in [1.82, 2.24) is 5.16 Å². The molecule has 0 aliphatic carbocycles. The average Bonchev–Trinajstić information content (AvgIpc) is 3.02. The van der Waals surface area contributed by atoms with Gasteiger partial charge < -0.3 is 19.1 Å². The molecule has 0 fully saturated rings. The van der Waals surface area contributed by atoms with Crippen molar-refractivity contribution in [3.05, 3.63) is 11.8 Å². The minimum Gasteiger partial charge on any atom is -0.476 e. The third-order valence-corrected chi connectivity index (χ3v) is 4.21. The molecule has 0 amide bonds. The van der Waals surface area contributed by atoms with E-state index in [9.17, 15) is 9.90 Å². The van der Waals surface area contributed by atoms with Gasteiger partial charge >= 0.3 is 5.97 Å². The highest BCUT2D eigenvalue weighted by Gasteiger charge is 2.31. The number of aliphatic hydroxyl groups excluding tert-OH is 1. The molecule has 6 nitrogen and oxygen atoms in total. The van der Waals surface area contributed by atoms with Gasteiger partial charge in [0.25, 0.3) is 5.88 Å². The Hall–Kier alpha value is -1.08. The molecule has 0 aromatic carbocycles. The number of ether oxygens (including phenoxy) is 2. The van der Waals surface area contributed by atoms with Crippen LogP contribution >= 0.6 is 15.9 Å². The SMILES string of the molecule is COC(=O)C(c1cc(OCCCCCCCBr)no1)C(C)CO. The van der Waals surface area contributed by atoms with Crippen molar-refractivity contribution in [2.24, 2.45) is 5.92 Å². The van der Waals surface area contributed by atoms with Gasteiger partial charge in [0.2, 0.25) is 0 Å². The second-order valence-corrected chi connectivity index (χ2v) is 6.33. The Balaban J connectivity index is 2.44. The fraction of sp³-hybridized carbons (Fsp3) is 0.750. The van der Waals surface area contributed by atoms with E-state index < -0.39 is 11.9 Å². The van der Waals surface area contributed by atoms with Crippen molar-refractivity contribution in [2.45, 2.75) is 44.9 Å². The van der Waals surface area contributed by atoms with Crippen LogP contribution in [-0.4, -0.2) is 41.9 Å². The maximum absolute atomic E-state index is 11.8. The highest BCUT2D eigenvalue weighted by atomic mass is 79.9. The van der Waals surface area contributed by atoms with Gasteiger partial charge in [-0.3, -0.25) is 4.79 Å². The number of unbranched alkanes of at least 4 members (excludes halogenated alkanes) is 4. The summed E-state index contributed by atoms with van der Waals surface area (Å²) in [5.41, 5.74) is 0. The van der Waals surface area contributed by atoms with E-state index >= 15 is 0 Å². The smallest absolute Gasteiger partial charge is 0.316 e. The van der Waals surface area contributed by atoms with Gasteiger partial charge in [0, 0.05) is 18.0 Å². The molecule has 2 unspecified atom stereocenters. The number of nitrogens with zero attached hydrogens (tertiary/aromatic N) is 1. The van der Waals surface area contributed by atoms with Crippen LogP contribution in [-0.2, 0) is 9.53 Å². The molecule has 2 atom stereocenters. The van der Waals surface area contributed by atoms with Gasteiger partial charge in [-0.15, -0.1) is 0 Å². The number of halogens is 1. The first-order valence-electron chi connectivity index (χ1n) is 7.98. The number of carbonyl (C=O) groups excluding carboxylic acids is 1. The van der Waals surface area contributed by atoms with Crippen molar-refractivity contribution in [1.29, 1.82) is 0 Å². The molecule has 7 heteroatoms. The van der Waals surface area contributed by atoms with Gasteiger partial charge in [0.1, 0.15) is 5.92 Å². The van der Waals surface area contributed by atoms with Crippen LogP contribution in [0.15, 0.2) is 10.6 Å². The molecule has 1 aromatic rings. The van der Waals surface area contributed by atoms with Crippen molar-refractivity contribution in [3.8, 4) is 5.88 Å². The van der Waals surface area contributed by atoms with Gasteiger partial charge in [-0.05, 0) is 23.9 Å². The number of alkyl halides is 1. The molecule has 0 spiro atoms. The summed E-state index contributed by atoms with van der Waals surface area (Å²) in [4.78, 5) is 11.8. The van der Waals surface area contributed by atoms with E-state index in [1.54, 1.807) is 13.0 Å². The van der Waals surface area contributed by atoms with Crippen LogP contribution < -0.4 is 4.74 Å². The van der Waals surface area contributed by atoms with Crippen LogP contribution in [0.3, 0.4) is 0 Å². The molecular weight excluding hydrogens is 366 g/mol. The molecular formula is C16H26BrNO5. The molecule has 1 N–H and O–H groups in total. The van der Waals surface area contributed by atoms with E-state index in [-0.39, 0.29) is 12.5 Å². The third kappa shape index (κ3) is 6.91. The normalized spacial score (nSPS) is 13.6. The van der Waals surface area contributed by atoms with Crippen molar-refractivity contribution in [2.75, 3.05) is 25.7 Å². The molecule has 1 heterocycles. The largest absolute Gasteiger partial charge is 0.476 e. The fourth-order valence-electron chi connectivity index (χ4n) is 2.25. The van der Waals surface area contributed by atoms with Crippen LogP contribution in [0, 0.1) is 5.92 Å². The number of aromatic nitrogens is 1. The Morgan fingerprint density at radius 3 is 2.70 bits per heavy atom. The minimum atomic E-state index is -0.681. The van der Waals surface area contributed by atoms with Crippen LogP contribution in [0.4, 0.5) is 0 Å². The first kappa shape index (κ1) is 20.0. The van der Waals surface area contributed by atoms with E-state index in [0.717, 1.165) is 18.2 Å². The van der Waals surface area contributed by atoms with Crippen LogP contribution in [0.2, 0.25) is 0 Å². The quantitative estimate of drug-likeness (QED) is 0.334. The van der Waals surface area contributed by atoms with Gasteiger partial charge in [0.15, 0.2) is 5.76 Å². The summed E-state index contributed by atoms with van der Waals surface area (Å²) >= 11 is 3.42. The number of esters is 1. The van der Waals surface area contributed by atoms with Crippen molar-refractivity contribution < 1.29 is 23.9 Å². The predicted molar refractivity (Wildman–Crippen MR) is 89.9 cm³/mol. The molecule has 23 heavy (non-hydrogen) atoms. The second kappa shape index (κ2) is 11.5. The molecule has 1 aromatic heterocycles. The summed E-state index contributed by atoms with van der Waals surface area (Å²) in [5.74, 6) is -0.747. The lowest BCUT2D eigenvalue weighted by Gasteiger charge is -2.16. The summed E-state index contributed by atoms with van der Waals surface area (Å²) in [5, 5.41) is 14.2. The zero-order valence-electron chi connectivity index (χ0n) is 13.8. The predicted octanol–water partition coefficient (Wildman–Crippen LogP) is 3.28. The Morgan fingerprint density at radius 1 is 1.35 bits per heavy atom. The van der Waals surface area contributed by atoms with E-state index in [2.05, 4.69) is 21.1 Å². The lowest BCUT2D eigenvalue weighted by atomic mass is 9.92. The molecule has 0 saturated carbocycles. The fourth-order valence-corrected chi connectivity index (χ4v) is 2.65. The molecule has 0 saturated heterocycles. The Labute approximate surface area is 145 Å². The van der Waals surface area contributed by atoms with E-state index in [0.29, 0.717) is 18.2 Å². The first-order valence-corrected chi connectivity index (χ1v) is 9.10. The number of hydrogen-bond donors (Lipinski definition) is 1. The number of methoxy groups -OCH3 is 1. The van der Waals surface area contributed by atoms with Crippen molar-refractivity contribution >= 4 is 21.9 Å². The monoisotopic (exact) mass is 391 g/mol. The van der Waals surface area contributed by atoms with Gasteiger partial charge in [-0.1, -0.05) is 42.1 Å². The summed E-state index contributed by atoms with van der Waals surface area (Å²) in [7, 11) is 1.31. The van der Waals surface area contributed by atoms with E-state index in [1.165, 1.54) is 26.4 Å². The second-order valence-electron chi connectivity index (χ2n) is 5.53. The number of aliphatic hydroxyl groups is 1. The highest BCUT2D eigenvalue weighted by Crippen LogP contribution is 2.28. The highest BCUT2D eigenvalue weighted by molar-refractivity contribution is 9.09. The summed E-state index contributed by atoms with van der Waals surface area (Å²) in [6.45, 7) is 2.17. The molecule has 1 rings (SSSR count). The van der Waals surface area contributed by atoms with E-state index in [1.807, 2.05) is 0 Å². The number of rotatable bonds is 12. The van der Waals surface area contributed by atoms with Gasteiger partial charge in [-0.25, -0.2) is 0 Å². The Bertz CT molecular complexity index is 451. The molecule has 0 radical (unpaired) electrons. The number of hydrogen-bond acceptors (Lipinski definition) is 6. The maximum atomic E-state index is 11.8. The first-order chi connectivity index (χ1) is 11.1. The van der Waals surface area contributed by atoms with Gasteiger partial charge in [-0.2, -0.15) is 0 Å². The summed E-state index contributed by atoms with van der Waals surface area (Å²) in [6, 6.07) is 1.60. The zero-order chi connectivity index (χ0) is 17.1. The Morgan fingerprint density at radius 2 is 2.04 bits per heavy atom. The van der Waals surface area contributed by atoms with Gasteiger partial charge in [0.05, 0.1) is 13.7 Å². The van der Waals surface area contributed by atoms with Crippen LogP contribution in [0.5, 0.6) is 5.88 Å². The van der Waals surface area contributed by atoms with E-state index in [4.69, 9.17) is 14.0 Å². The lowest BCUT2D eigenvalue weighted by Crippen LogP contribution is -2.23. The lowest BCUT2D eigenvalue weighted by molar-refractivity contribution is -0.144. The summed E-state index contributed by atoms with van der Waals surface area (Å²) in [6.07, 6.45) is 5.68. The zero-order valence-corrected chi connectivity index (χ0v) is 15.4. The van der Waals surface area contributed by atoms with Crippen LogP contribution in [0.25, 0.3) is 0 Å². The molecule has 0 aliphatic rings. The minimum absolute atomic E-state index is 0.148. The van der Waals surface area contributed by atoms with Crippen LogP contribution in [0.1, 0.15) is 50.7 Å². The topological polar surface area (TPSA) is 81.8 Å². The third-order valence-electron chi connectivity index (χ3n) is 3.65. The summed E-state index contributed by atoms with van der Waals surface area (Å²) < 4.78 is 15.5. The standard InChI is InChI=1S/C16H26BrNO5/c1-12(11-19)15(16(20)21-2)13-10-14(18-23-13)22-9-7-5-3-4-6-8-17/h10,12,15,19H,3-9,11H2,1-2H3.